The third-order valence-corrected chi connectivity index (χ3v) is 7.03. The fourth-order valence-electron chi connectivity index (χ4n) is 3.46. The number of amides is 1. The van der Waals surface area contributed by atoms with Crippen molar-refractivity contribution in [2.24, 2.45) is 5.73 Å². The van der Waals surface area contributed by atoms with Crippen LogP contribution in [0, 0.1) is 0 Å². The van der Waals surface area contributed by atoms with Gasteiger partial charge in [-0.15, -0.1) is 0 Å². The van der Waals surface area contributed by atoms with Crippen LogP contribution in [0.5, 0.6) is 0 Å². The zero-order valence-corrected chi connectivity index (χ0v) is 19.6. The first-order chi connectivity index (χ1) is 15.2. The second-order valence-electron chi connectivity index (χ2n) is 7.77. The van der Waals surface area contributed by atoms with Gasteiger partial charge in [0.2, 0.25) is 15.9 Å². The van der Waals surface area contributed by atoms with Crippen molar-refractivity contribution in [3.8, 4) is 0 Å². The van der Waals surface area contributed by atoms with E-state index in [-0.39, 0.29) is 11.4 Å². The number of nitrogens with zero attached hydrogens (tertiary/aromatic N) is 2. The molecule has 0 fully saturated rings. The van der Waals surface area contributed by atoms with Gasteiger partial charge in [0, 0.05) is 18.1 Å². The van der Waals surface area contributed by atoms with E-state index in [2.05, 4.69) is 0 Å². The van der Waals surface area contributed by atoms with Crippen molar-refractivity contribution < 1.29 is 13.2 Å². The predicted octanol–water partition coefficient (Wildman–Crippen LogP) is 3.82. The number of sulfonamides is 1. The first-order valence-corrected chi connectivity index (χ1v) is 11.8. The minimum Gasteiger partial charge on any atom is -0.368 e. The Morgan fingerprint density at radius 3 is 1.91 bits per heavy atom. The maximum atomic E-state index is 13.6. The van der Waals surface area contributed by atoms with E-state index in [4.69, 9.17) is 17.3 Å². The number of benzene rings is 3. The molecule has 32 heavy (non-hydrogen) atoms. The summed E-state index contributed by atoms with van der Waals surface area (Å²) in [6.07, 6.45) is 0. The van der Waals surface area contributed by atoms with Crippen molar-refractivity contribution in [1.82, 2.24) is 9.21 Å². The summed E-state index contributed by atoms with van der Waals surface area (Å²) in [4.78, 5) is 14.6. The molecule has 0 spiro atoms. The number of hydrogen-bond donors (Lipinski definition) is 1. The van der Waals surface area contributed by atoms with Gasteiger partial charge in [-0.25, -0.2) is 8.42 Å². The molecule has 0 aliphatic carbocycles. The predicted molar refractivity (Wildman–Crippen MR) is 126 cm³/mol. The summed E-state index contributed by atoms with van der Waals surface area (Å²) < 4.78 is 28.4. The highest BCUT2D eigenvalue weighted by Gasteiger charge is 2.36. The van der Waals surface area contributed by atoms with Gasteiger partial charge in [-0.05, 0) is 55.1 Å². The molecule has 8 heteroatoms. The van der Waals surface area contributed by atoms with Gasteiger partial charge in [-0.2, -0.15) is 4.31 Å². The molecule has 0 aliphatic rings. The first kappa shape index (κ1) is 23.9. The molecule has 6 nitrogen and oxygen atoms in total. The van der Waals surface area contributed by atoms with E-state index < -0.39 is 22.0 Å². The van der Waals surface area contributed by atoms with Crippen LogP contribution in [0.25, 0.3) is 0 Å². The summed E-state index contributed by atoms with van der Waals surface area (Å²) >= 11 is 5.94. The Kier molecular flexibility index (Phi) is 7.69. The average Bonchev–Trinajstić information content (AvgIpc) is 2.75. The maximum Gasteiger partial charge on any atom is 0.244 e. The van der Waals surface area contributed by atoms with Crippen LogP contribution in [-0.4, -0.2) is 37.6 Å². The molecule has 0 aliphatic heterocycles. The van der Waals surface area contributed by atoms with Crippen molar-refractivity contribution in [2.75, 3.05) is 14.1 Å². The summed E-state index contributed by atoms with van der Waals surface area (Å²) in [5.74, 6) is -0.752. The number of hydrogen-bond acceptors (Lipinski definition) is 4. The topological polar surface area (TPSA) is 83.7 Å². The van der Waals surface area contributed by atoms with Crippen molar-refractivity contribution in [3.63, 3.8) is 0 Å². The van der Waals surface area contributed by atoms with Gasteiger partial charge in [0.05, 0.1) is 4.90 Å². The SMILES string of the molecule is CN(C)Cc1ccc(CN([C@@H](C(N)=O)c2ccccc2)S(=O)(=O)c2ccc(Cl)cc2)cc1. The van der Waals surface area contributed by atoms with Crippen LogP contribution in [0.2, 0.25) is 5.02 Å². The van der Waals surface area contributed by atoms with Gasteiger partial charge in [0.1, 0.15) is 6.04 Å². The van der Waals surface area contributed by atoms with Crippen molar-refractivity contribution in [1.29, 1.82) is 0 Å². The highest BCUT2D eigenvalue weighted by molar-refractivity contribution is 7.89. The molecule has 0 saturated heterocycles. The fourth-order valence-corrected chi connectivity index (χ4v) is 5.16. The van der Waals surface area contributed by atoms with Crippen LogP contribution in [-0.2, 0) is 27.9 Å². The molecule has 3 rings (SSSR count). The van der Waals surface area contributed by atoms with Gasteiger partial charge < -0.3 is 10.6 Å². The molecule has 0 radical (unpaired) electrons. The Morgan fingerprint density at radius 1 is 0.875 bits per heavy atom. The minimum atomic E-state index is -4.07. The first-order valence-electron chi connectivity index (χ1n) is 10.0. The Balaban J connectivity index is 2.06. The normalized spacial score (nSPS) is 12.8. The van der Waals surface area contributed by atoms with E-state index in [1.807, 2.05) is 43.3 Å². The molecule has 1 atom stereocenters. The molecule has 0 unspecified atom stereocenters. The summed E-state index contributed by atoms with van der Waals surface area (Å²) in [5, 5.41) is 0.418. The summed E-state index contributed by atoms with van der Waals surface area (Å²) in [7, 11) is -0.116. The van der Waals surface area contributed by atoms with E-state index in [0.29, 0.717) is 10.6 Å². The third kappa shape index (κ3) is 5.75. The minimum absolute atomic E-state index is 0.0181. The molecule has 0 heterocycles. The Labute approximate surface area is 194 Å². The Bertz CT molecular complexity index is 1150. The summed E-state index contributed by atoms with van der Waals surface area (Å²) in [6, 6.07) is 21.0. The van der Waals surface area contributed by atoms with Crippen molar-refractivity contribution in [3.05, 3.63) is 101 Å². The zero-order chi connectivity index (χ0) is 23.3. The van der Waals surface area contributed by atoms with E-state index in [1.165, 1.54) is 24.3 Å². The summed E-state index contributed by atoms with van der Waals surface area (Å²) in [6.45, 7) is 0.747. The molecule has 1 amide bonds. The average molecular weight is 472 g/mol. The van der Waals surface area contributed by atoms with Crippen LogP contribution in [0.3, 0.4) is 0 Å². The lowest BCUT2D eigenvalue weighted by Crippen LogP contribution is -2.41. The van der Waals surface area contributed by atoms with Crippen molar-refractivity contribution >= 4 is 27.5 Å². The summed E-state index contributed by atoms with van der Waals surface area (Å²) in [5.41, 5.74) is 8.07. The maximum absolute atomic E-state index is 13.6. The number of rotatable bonds is 9. The second-order valence-corrected chi connectivity index (χ2v) is 10.1. The number of carbonyl (C=O) groups is 1. The number of primary amides is 1. The second kappa shape index (κ2) is 10.3. The zero-order valence-electron chi connectivity index (χ0n) is 18.0. The molecule has 0 aromatic heterocycles. The fraction of sp³-hybridized carbons (Fsp3) is 0.208. The van der Waals surface area contributed by atoms with Crippen LogP contribution in [0.4, 0.5) is 0 Å². The molecular weight excluding hydrogens is 446 g/mol. The highest BCUT2D eigenvalue weighted by Crippen LogP contribution is 2.30. The van der Waals surface area contributed by atoms with Crippen molar-refractivity contribution in [2.45, 2.75) is 24.0 Å². The number of halogens is 1. The molecule has 3 aromatic rings. The molecule has 3 aromatic carbocycles. The van der Waals surface area contributed by atoms with E-state index in [0.717, 1.165) is 22.0 Å². The van der Waals surface area contributed by atoms with Crippen LogP contribution >= 0.6 is 11.6 Å². The molecule has 0 bridgehead atoms. The van der Waals surface area contributed by atoms with E-state index >= 15 is 0 Å². The monoisotopic (exact) mass is 471 g/mol. The van der Waals surface area contributed by atoms with Gasteiger partial charge in [-0.3, -0.25) is 4.79 Å². The largest absolute Gasteiger partial charge is 0.368 e. The number of nitrogens with two attached hydrogens (primary N) is 1. The Hall–Kier alpha value is -2.71. The van der Waals surface area contributed by atoms with Crippen LogP contribution in [0.15, 0.2) is 83.8 Å². The van der Waals surface area contributed by atoms with Crippen LogP contribution in [0.1, 0.15) is 22.7 Å². The highest BCUT2D eigenvalue weighted by atomic mass is 35.5. The molecule has 168 valence electrons. The Morgan fingerprint density at radius 2 is 1.41 bits per heavy atom. The standard InChI is InChI=1S/C24H26ClN3O3S/c1-27(2)16-18-8-10-19(11-9-18)17-28(23(24(26)29)20-6-4-3-5-7-20)32(30,31)22-14-12-21(25)13-15-22/h3-15,23H,16-17H2,1-2H3,(H2,26,29)/t23-/m1/s1. The smallest absolute Gasteiger partial charge is 0.244 e. The van der Waals surface area contributed by atoms with Gasteiger partial charge >= 0.3 is 0 Å². The van der Waals surface area contributed by atoms with Gasteiger partial charge in [0.25, 0.3) is 0 Å². The van der Waals surface area contributed by atoms with E-state index in [1.54, 1.807) is 30.3 Å². The van der Waals surface area contributed by atoms with Gasteiger partial charge in [0.15, 0.2) is 0 Å². The van der Waals surface area contributed by atoms with E-state index in [9.17, 15) is 13.2 Å². The lowest BCUT2D eigenvalue weighted by Gasteiger charge is -2.29. The molecule has 0 saturated carbocycles. The van der Waals surface area contributed by atoms with Gasteiger partial charge in [-0.1, -0.05) is 66.2 Å². The third-order valence-electron chi connectivity index (χ3n) is 4.95. The molecule has 2 N–H and O–H groups in total. The van der Waals surface area contributed by atoms with Crippen LogP contribution < -0.4 is 5.73 Å². The number of carbonyl (C=O) groups excluding carboxylic acids is 1. The lowest BCUT2D eigenvalue weighted by atomic mass is 10.1. The molecular formula is C24H26ClN3O3S. The quantitative estimate of drug-likeness (QED) is 0.514. The lowest BCUT2D eigenvalue weighted by molar-refractivity contribution is -0.122.